The number of nitrogens with zero attached hydrogens (tertiary/aromatic N) is 4. The summed E-state index contributed by atoms with van der Waals surface area (Å²) in [4.78, 5) is 17.0. The number of halogens is 4. The van der Waals surface area contributed by atoms with Crippen LogP contribution < -0.4 is 5.32 Å². The Morgan fingerprint density at radius 3 is 2.58 bits per heavy atom. The van der Waals surface area contributed by atoms with E-state index in [1.165, 1.54) is 47.3 Å². The van der Waals surface area contributed by atoms with Crippen molar-refractivity contribution in [2.45, 2.75) is 26.1 Å². The highest BCUT2D eigenvalue weighted by Gasteiger charge is 2.31. The first-order valence-electron chi connectivity index (χ1n) is 9.76. The van der Waals surface area contributed by atoms with Gasteiger partial charge in [-0.15, -0.1) is 0 Å². The van der Waals surface area contributed by atoms with Gasteiger partial charge in [-0.1, -0.05) is 11.2 Å². The van der Waals surface area contributed by atoms with Crippen LogP contribution in [0.25, 0.3) is 17.1 Å². The molecule has 0 radical (unpaired) electrons. The summed E-state index contributed by atoms with van der Waals surface area (Å²) < 4.78 is 58.6. The molecule has 4 aromatic rings. The molecule has 2 aromatic heterocycles. The van der Waals surface area contributed by atoms with Crippen LogP contribution in [0.5, 0.6) is 0 Å². The normalized spacial score (nSPS) is 12.5. The lowest BCUT2D eigenvalue weighted by Crippen LogP contribution is -2.27. The predicted molar refractivity (Wildman–Crippen MR) is 109 cm³/mol. The largest absolute Gasteiger partial charge is 0.416 e. The Balaban J connectivity index is 1.51. The Bertz CT molecular complexity index is 1290. The number of hydrogen-bond acceptors (Lipinski definition) is 5. The van der Waals surface area contributed by atoms with Crippen LogP contribution in [-0.2, 0) is 6.18 Å². The van der Waals surface area contributed by atoms with Gasteiger partial charge in [0.1, 0.15) is 11.9 Å². The summed E-state index contributed by atoms with van der Waals surface area (Å²) in [7, 11) is 0. The average molecular weight is 459 g/mol. The Labute approximate surface area is 185 Å². The summed E-state index contributed by atoms with van der Waals surface area (Å²) in [6.45, 7) is 3.21. The molecule has 0 saturated carbocycles. The van der Waals surface area contributed by atoms with E-state index in [1.54, 1.807) is 13.8 Å². The summed E-state index contributed by atoms with van der Waals surface area (Å²) in [5.41, 5.74) is 0.440. The molecule has 0 spiro atoms. The first-order valence-corrected chi connectivity index (χ1v) is 9.76. The minimum atomic E-state index is -4.50. The molecule has 0 saturated heterocycles. The van der Waals surface area contributed by atoms with Crippen LogP contribution in [-0.4, -0.2) is 25.8 Å². The van der Waals surface area contributed by atoms with Crippen molar-refractivity contribution in [3.05, 3.63) is 83.3 Å². The Morgan fingerprint density at radius 2 is 1.88 bits per heavy atom. The van der Waals surface area contributed by atoms with E-state index in [9.17, 15) is 22.4 Å². The molecule has 0 aliphatic carbocycles. The lowest BCUT2D eigenvalue weighted by Gasteiger charge is -2.11. The van der Waals surface area contributed by atoms with Gasteiger partial charge in [-0.05, 0) is 56.3 Å². The van der Waals surface area contributed by atoms with E-state index in [2.05, 4.69) is 20.6 Å². The molecule has 1 amide bonds. The van der Waals surface area contributed by atoms with Gasteiger partial charge in [-0.2, -0.15) is 23.3 Å². The van der Waals surface area contributed by atoms with Crippen LogP contribution in [0.3, 0.4) is 0 Å². The molecule has 7 nitrogen and oxygen atoms in total. The summed E-state index contributed by atoms with van der Waals surface area (Å²) in [6, 6.07) is 9.52. The molecule has 2 heterocycles. The Hall–Kier alpha value is -4.02. The molecule has 0 aliphatic heterocycles. The first-order chi connectivity index (χ1) is 15.6. The Kier molecular flexibility index (Phi) is 5.71. The van der Waals surface area contributed by atoms with Crippen molar-refractivity contribution in [3.63, 3.8) is 0 Å². The summed E-state index contributed by atoms with van der Waals surface area (Å²) in [5.74, 6) is -0.547. The van der Waals surface area contributed by atoms with Gasteiger partial charge in [0.05, 0.1) is 28.7 Å². The van der Waals surface area contributed by atoms with Gasteiger partial charge >= 0.3 is 6.18 Å². The second-order valence-corrected chi connectivity index (χ2v) is 7.26. The van der Waals surface area contributed by atoms with Crippen molar-refractivity contribution in [1.29, 1.82) is 0 Å². The monoisotopic (exact) mass is 459 g/mol. The molecule has 1 N–H and O–H groups in total. The highest BCUT2D eigenvalue weighted by molar-refractivity contribution is 5.95. The maximum atomic E-state index is 13.1. The van der Waals surface area contributed by atoms with Crippen LogP contribution in [0.1, 0.15) is 40.5 Å². The molecule has 170 valence electrons. The topological polar surface area (TPSA) is 85.8 Å². The Morgan fingerprint density at radius 1 is 1.15 bits per heavy atom. The number of carbonyl (C=O) groups excluding carboxylic acids is 1. The van der Waals surface area contributed by atoms with E-state index in [0.717, 1.165) is 12.1 Å². The van der Waals surface area contributed by atoms with Crippen molar-refractivity contribution < 1.29 is 26.9 Å². The number of rotatable bonds is 5. The number of carbonyl (C=O) groups is 1. The third-order valence-electron chi connectivity index (χ3n) is 4.93. The maximum Gasteiger partial charge on any atom is 0.416 e. The van der Waals surface area contributed by atoms with Gasteiger partial charge in [-0.3, -0.25) is 4.79 Å². The second-order valence-electron chi connectivity index (χ2n) is 7.26. The second kappa shape index (κ2) is 8.49. The van der Waals surface area contributed by atoms with Gasteiger partial charge in [0.25, 0.3) is 5.91 Å². The number of benzene rings is 2. The lowest BCUT2D eigenvalue weighted by atomic mass is 10.2. The lowest BCUT2D eigenvalue weighted by molar-refractivity contribution is -0.137. The highest BCUT2D eigenvalue weighted by atomic mass is 19.4. The van der Waals surface area contributed by atoms with Crippen molar-refractivity contribution in [3.8, 4) is 17.1 Å². The molecule has 0 aliphatic rings. The standard InChI is InChI=1S/C22H17F4N5O2/c1-12(21-29-19(30-33-21)14-6-8-16(23)9-7-14)28-20(32)18-11-27-31(13(18)2)17-5-3-4-15(10-17)22(24,25)26/h3-12H,1-2H3,(H,28,32). The van der Waals surface area contributed by atoms with Crippen LogP contribution in [0.2, 0.25) is 0 Å². The molecule has 2 aromatic carbocycles. The number of amides is 1. The fourth-order valence-electron chi connectivity index (χ4n) is 3.17. The molecular formula is C22H17F4N5O2. The van der Waals surface area contributed by atoms with Crippen molar-refractivity contribution in [2.75, 3.05) is 0 Å². The SMILES string of the molecule is Cc1c(C(=O)NC(C)c2nc(-c3ccc(F)cc3)no2)cnn1-c1cccc(C(F)(F)F)c1. The van der Waals surface area contributed by atoms with Gasteiger partial charge in [0.15, 0.2) is 0 Å². The number of alkyl halides is 3. The third kappa shape index (κ3) is 4.61. The average Bonchev–Trinajstić information content (AvgIpc) is 3.41. The van der Waals surface area contributed by atoms with Gasteiger partial charge in [-0.25, -0.2) is 9.07 Å². The van der Waals surface area contributed by atoms with Crippen LogP contribution >= 0.6 is 0 Å². The van der Waals surface area contributed by atoms with Crippen molar-refractivity contribution >= 4 is 5.91 Å². The third-order valence-corrected chi connectivity index (χ3v) is 4.93. The molecule has 1 unspecified atom stereocenters. The number of nitrogens with one attached hydrogen (secondary N) is 1. The van der Waals surface area contributed by atoms with E-state index in [1.807, 2.05) is 0 Å². The number of aromatic nitrogens is 4. The predicted octanol–water partition coefficient (Wildman–Crippen LogP) is 4.88. The fourth-order valence-corrected chi connectivity index (χ4v) is 3.17. The molecule has 1 atom stereocenters. The smallest absolute Gasteiger partial charge is 0.340 e. The van der Waals surface area contributed by atoms with Crippen molar-refractivity contribution in [2.24, 2.45) is 0 Å². The van der Waals surface area contributed by atoms with Gasteiger partial charge in [0.2, 0.25) is 11.7 Å². The summed E-state index contributed by atoms with van der Waals surface area (Å²) >= 11 is 0. The minimum absolute atomic E-state index is 0.130. The molecule has 11 heteroatoms. The van der Waals surface area contributed by atoms with Crippen LogP contribution in [0.15, 0.2) is 59.3 Å². The van der Waals surface area contributed by atoms with E-state index in [-0.39, 0.29) is 23.0 Å². The summed E-state index contributed by atoms with van der Waals surface area (Å²) in [6.07, 6.45) is -3.22. The fraction of sp³-hybridized carbons (Fsp3) is 0.182. The summed E-state index contributed by atoms with van der Waals surface area (Å²) in [5, 5.41) is 10.6. The first kappa shape index (κ1) is 22.2. The van der Waals surface area contributed by atoms with Crippen LogP contribution in [0, 0.1) is 12.7 Å². The van der Waals surface area contributed by atoms with E-state index in [4.69, 9.17) is 4.52 Å². The van der Waals surface area contributed by atoms with Gasteiger partial charge in [0, 0.05) is 5.56 Å². The number of hydrogen-bond donors (Lipinski definition) is 1. The minimum Gasteiger partial charge on any atom is -0.340 e. The quantitative estimate of drug-likeness (QED) is 0.430. The molecule has 0 fully saturated rings. The van der Waals surface area contributed by atoms with Crippen molar-refractivity contribution in [1.82, 2.24) is 25.2 Å². The molecule has 33 heavy (non-hydrogen) atoms. The van der Waals surface area contributed by atoms with Crippen LogP contribution in [0.4, 0.5) is 17.6 Å². The zero-order chi connectivity index (χ0) is 23.8. The molecular weight excluding hydrogens is 442 g/mol. The zero-order valence-corrected chi connectivity index (χ0v) is 17.4. The van der Waals surface area contributed by atoms with Gasteiger partial charge < -0.3 is 9.84 Å². The molecule has 0 bridgehead atoms. The maximum absolute atomic E-state index is 13.1. The molecule has 4 rings (SSSR count). The van der Waals surface area contributed by atoms with E-state index >= 15 is 0 Å². The highest BCUT2D eigenvalue weighted by Crippen LogP contribution is 2.30. The zero-order valence-electron chi connectivity index (χ0n) is 17.4. The van der Waals surface area contributed by atoms with E-state index < -0.39 is 29.5 Å². The van der Waals surface area contributed by atoms with E-state index in [0.29, 0.717) is 11.3 Å².